The van der Waals surface area contributed by atoms with Crippen LogP contribution >= 0.6 is 11.5 Å². The SMILES string of the molecule is CC(Nc1snc(N)c1C1CC1)c1ncc[nH]1. The maximum Gasteiger partial charge on any atom is 0.142 e. The molecule has 1 aliphatic carbocycles. The quantitative estimate of drug-likeness (QED) is 0.777. The second-order valence-electron chi connectivity index (χ2n) is 4.43. The summed E-state index contributed by atoms with van der Waals surface area (Å²) >= 11 is 1.44. The van der Waals surface area contributed by atoms with Gasteiger partial charge >= 0.3 is 0 Å². The van der Waals surface area contributed by atoms with Gasteiger partial charge in [-0.1, -0.05) is 0 Å². The number of rotatable bonds is 4. The van der Waals surface area contributed by atoms with Gasteiger partial charge in [-0.15, -0.1) is 0 Å². The Bertz CT molecular complexity index is 500. The Morgan fingerprint density at radius 1 is 1.59 bits per heavy atom. The van der Waals surface area contributed by atoms with Crippen molar-refractivity contribution in [3.63, 3.8) is 0 Å². The summed E-state index contributed by atoms with van der Waals surface area (Å²) in [7, 11) is 0. The topological polar surface area (TPSA) is 79.6 Å². The molecule has 0 radical (unpaired) electrons. The summed E-state index contributed by atoms with van der Waals surface area (Å²) in [5.74, 6) is 2.23. The van der Waals surface area contributed by atoms with Gasteiger partial charge in [-0.25, -0.2) is 4.98 Å². The van der Waals surface area contributed by atoms with E-state index in [4.69, 9.17) is 5.73 Å². The molecule has 5 nitrogen and oxygen atoms in total. The number of H-pyrrole nitrogens is 1. The van der Waals surface area contributed by atoms with Crippen molar-refractivity contribution >= 4 is 22.4 Å². The van der Waals surface area contributed by atoms with E-state index in [0.29, 0.717) is 11.7 Å². The van der Waals surface area contributed by atoms with Gasteiger partial charge in [-0.2, -0.15) is 4.37 Å². The molecule has 2 aromatic rings. The van der Waals surface area contributed by atoms with Crippen molar-refractivity contribution in [2.24, 2.45) is 0 Å². The summed E-state index contributed by atoms with van der Waals surface area (Å²) in [6.07, 6.45) is 6.05. The molecular weight excluding hydrogens is 234 g/mol. The Hall–Kier alpha value is -1.56. The van der Waals surface area contributed by atoms with Crippen LogP contribution in [0.3, 0.4) is 0 Å². The second kappa shape index (κ2) is 4.03. The molecule has 3 rings (SSSR count). The lowest BCUT2D eigenvalue weighted by Crippen LogP contribution is -2.08. The number of nitrogen functional groups attached to an aromatic ring is 1. The van der Waals surface area contributed by atoms with Gasteiger partial charge in [-0.05, 0) is 37.2 Å². The first-order chi connectivity index (χ1) is 8.25. The van der Waals surface area contributed by atoms with E-state index in [0.717, 1.165) is 10.8 Å². The number of hydrogen-bond donors (Lipinski definition) is 3. The third-order valence-electron chi connectivity index (χ3n) is 3.02. The molecule has 0 aromatic carbocycles. The zero-order valence-electron chi connectivity index (χ0n) is 9.60. The average molecular weight is 249 g/mol. The van der Waals surface area contributed by atoms with Gasteiger partial charge in [0.2, 0.25) is 0 Å². The van der Waals surface area contributed by atoms with Gasteiger partial charge < -0.3 is 16.0 Å². The monoisotopic (exact) mass is 249 g/mol. The fourth-order valence-corrected chi connectivity index (χ4v) is 2.85. The number of aromatic nitrogens is 3. The van der Waals surface area contributed by atoms with Gasteiger partial charge in [0.15, 0.2) is 0 Å². The van der Waals surface area contributed by atoms with Gasteiger partial charge in [0, 0.05) is 18.0 Å². The number of nitrogens with two attached hydrogens (primary N) is 1. The lowest BCUT2D eigenvalue weighted by atomic mass is 10.2. The van der Waals surface area contributed by atoms with E-state index in [2.05, 4.69) is 26.6 Å². The predicted molar refractivity (Wildman–Crippen MR) is 69.1 cm³/mol. The van der Waals surface area contributed by atoms with Crippen molar-refractivity contribution in [3.8, 4) is 0 Å². The van der Waals surface area contributed by atoms with Crippen LogP contribution in [-0.4, -0.2) is 14.3 Å². The first-order valence-electron chi connectivity index (χ1n) is 5.76. The molecule has 2 aromatic heterocycles. The molecule has 6 heteroatoms. The Morgan fingerprint density at radius 3 is 3.06 bits per heavy atom. The van der Waals surface area contributed by atoms with Crippen LogP contribution in [0.4, 0.5) is 10.8 Å². The lowest BCUT2D eigenvalue weighted by molar-refractivity contribution is 0.811. The molecule has 1 unspecified atom stereocenters. The summed E-state index contributed by atoms with van der Waals surface area (Å²) in [6, 6.07) is 0.141. The minimum Gasteiger partial charge on any atom is -0.383 e. The van der Waals surface area contributed by atoms with Crippen molar-refractivity contribution in [1.29, 1.82) is 0 Å². The number of aromatic amines is 1. The molecule has 0 amide bonds. The first kappa shape index (κ1) is 10.6. The summed E-state index contributed by atoms with van der Waals surface area (Å²) < 4.78 is 4.24. The Balaban J connectivity index is 1.81. The fraction of sp³-hybridized carbons (Fsp3) is 0.455. The highest BCUT2D eigenvalue weighted by Crippen LogP contribution is 2.48. The molecule has 1 aliphatic rings. The van der Waals surface area contributed by atoms with Crippen molar-refractivity contribution in [3.05, 3.63) is 23.8 Å². The molecule has 1 atom stereocenters. The van der Waals surface area contributed by atoms with E-state index in [1.54, 1.807) is 6.20 Å². The maximum absolute atomic E-state index is 5.91. The number of nitrogens with zero attached hydrogens (tertiary/aromatic N) is 2. The van der Waals surface area contributed by atoms with Crippen molar-refractivity contribution in [1.82, 2.24) is 14.3 Å². The van der Waals surface area contributed by atoms with Crippen LogP contribution in [0.5, 0.6) is 0 Å². The van der Waals surface area contributed by atoms with E-state index in [-0.39, 0.29) is 6.04 Å². The van der Waals surface area contributed by atoms with Crippen molar-refractivity contribution in [2.75, 3.05) is 11.1 Å². The average Bonchev–Trinajstić information content (AvgIpc) is 2.87. The Kier molecular flexibility index (Phi) is 2.51. The molecule has 0 saturated heterocycles. The van der Waals surface area contributed by atoms with Crippen LogP contribution < -0.4 is 11.1 Å². The van der Waals surface area contributed by atoms with Crippen LogP contribution in [0.15, 0.2) is 12.4 Å². The minimum absolute atomic E-state index is 0.141. The molecule has 1 fully saturated rings. The van der Waals surface area contributed by atoms with Gasteiger partial charge in [0.05, 0.1) is 6.04 Å². The van der Waals surface area contributed by atoms with Crippen LogP contribution in [-0.2, 0) is 0 Å². The smallest absolute Gasteiger partial charge is 0.142 e. The largest absolute Gasteiger partial charge is 0.383 e. The zero-order chi connectivity index (χ0) is 11.8. The van der Waals surface area contributed by atoms with E-state index < -0.39 is 0 Å². The van der Waals surface area contributed by atoms with Crippen molar-refractivity contribution < 1.29 is 0 Å². The number of imidazole rings is 1. The zero-order valence-corrected chi connectivity index (χ0v) is 10.4. The standard InChI is InChI=1S/C11H15N5S/c1-6(10-13-4-5-14-10)15-11-8(7-2-3-7)9(12)16-17-11/h4-7,15H,2-3H2,1H3,(H2,12,16)(H,13,14). The maximum atomic E-state index is 5.91. The normalized spacial score (nSPS) is 17.0. The summed E-state index contributed by atoms with van der Waals surface area (Å²) in [6.45, 7) is 2.07. The highest BCUT2D eigenvalue weighted by Gasteiger charge is 2.31. The molecule has 0 spiro atoms. The summed E-state index contributed by atoms with van der Waals surface area (Å²) in [5.41, 5.74) is 7.11. The van der Waals surface area contributed by atoms with Crippen LogP contribution in [0.1, 0.15) is 43.1 Å². The molecule has 1 saturated carbocycles. The van der Waals surface area contributed by atoms with Gasteiger partial charge in [0.25, 0.3) is 0 Å². The Labute approximate surface area is 104 Å². The molecule has 2 heterocycles. The van der Waals surface area contributed by atoms with Gasteiger partial charge in [0.1, 0.15) is 16.6 Å². The number of anilines is 2. The molecule has 0 aliphatic heterocycles. The second-order valence-corrected chi connectivity index (χ2v) is 5.20. The van der Waals surface area contributed by atoms with E-state index >= 15 is 0 Å². The first-order valence-corrected chi connectivity index (χ1v) is 6.54. The molecule has 90 valence electrons. The number of nitrogens with one attached hydrogen (secondary N) is 2. The van der Waals surface area contributed by atoms with Crippen LogP contribution in [0, 0.1) is 0 Å². The summed E-state index contributed by atoms with van der Waals surface area (Å²) in [4.78, 5) is 7.35. The minimum atomic E-state index is 0.141. The fourth-order valence-electron chi connectivity index (χ4n) is 1.96. The molecule has 0 bridgehead atoms. The van der Waals surface area contributed by atoms with Crippen LogP contribution in [0.2, 0.25) is 0 Å². The third-order valence-corrected chi connectivity index (χ3v) is 3.83. The van der Waals surface area contributed by atoms with Crippen LogP contribution in [0.25, 0.3) is 0 Å². The highest BCUT2D eigenvalue weighted by atomic mass is 32.1. The highest BCUT2D eigenvalue weighted by molar-refractivity contribution is 7.10. The third kappa shape index (κ3) is 2.00. The molecular formula is C11H15N5S. The molecule has 4 N–H and O–H groups in total. The van der Waals surface area contributed by atoms with E-state index in [1.165, 1.54) is 29.9 Å². The lowest BCUT2D eigenvalue weighted by Gasteiger charge is -2.12. The Morgan fingerprint density at radius 2 is 2.41 bits per heavy atom. The predicted octanol–water partition coefficient (Wildman–Crippen LogP) is 2.50. The number of hydrogen-bond acceptors (Lipinski definition) is 5. The molecule has 17 heavy (non-hydrogen) atoms. The van der Waals surface area contributed by atoms with E-state index in [1.807, 2.05) is 6.20 Å². The summed E-state index contributed by atoms with van der Waals surface area (Å²) in [5, 5.41) is 4.53. The van der Waals surface area contributed by atoms with Crippen molar-refractivity contribution in [2.45, 2.75) is 31.7 Å². The van der Waals surface area contributed by atoms with Gasteiger partial charge in [-0.3, -0.25) is 0 Å². The van der Waals surface area contributed by atoms with E-state index in [9.17, 15) is 0 Å².